The Balaban J connectivity index is 1.89. The lowest BCUT2D eigenvalue weighted by atomic mass is 9.95. The summed E-state index contributed by atoms with van der Waals surface area (Å²) >= 11 is 0. The molecule has 1 fully saturated rings. The third-order valence-electron chi connectivity index (χ3n) is 4.01. The number of aryl methyl sites for hydroxylation is 1. The van der Waals surface area contributed by atoms with Gasteiger partial charge in [-0.1, -0.05) is 6.92 Å². The Morgan fingerprint density at radius 3 is 3.17 bits per heavy atom. The van der Waals surface area contributed by atoms with Crippen LogP contribution in [0.15, 0.2) is 24.5 Å². The van der Waals surface area contributed by atoms with E-state index in [4.69, 9.17) is 4.98 Å². The van der Waals surface area contributed by atoms with E-state index >= 15 is 0 Å². The molecule has 96 valence electrons. The molecule has 3 heteroatoms. The predicted octanol–water partition coefficient (Wildman–Crippen LogP) is 2.84. The standard InChI is InChI=1S/C15H21N3/c1-3-17-7-4-5-13(10-17)14-11-18-8-6-12(2)9-15(18)16-14/h6,8-9,11,13H,3-5,7,10H2,1-2H3. The number of fused-ring (bicyclic) bond motifs is 1. The molecule has 0 aliphatic carbocycles. The highest BCUT2D eigenvalue weighted by molar-refractivity contribution is 5.43. The molecule has 2 aromatic heterocycles. The first-order valence-electron chi connectivity index (χ1n) is 6.94. The van der Waals surface area contributed by atoms with Crippen molar-refractivity contribution in [1.29, 1.82) is 0 Å². The first-order chi connectivity index (χ1) is 8.76. The van der Waals surface area contributed by atoms with Crippen LogP contribution in [0.2, 0.25) is 0 Å². The van der Waals surface area contributed by atoms with Crippen molar-refractivity contribution in [3.8, 4) is 0 Å². The summed E-state index contributed by atoms with van der Waals surface area (Å²) in [7, 11) is 0. The molecular weight excluding hydrogens is 222 g/mol. The summed E-state index contributed by atoms with van der Waals surface area (Å²) < 4.78 is 2.15. The highest BCUT2D eigenvalue weighted by Gasteiger charge is 2.22. The first kappa shape index (κ1) is 11.7. The maximum Gasteiger partial charge on any atom is 0.137 e. The molecule has 0 amide bonds. The molecule has 1 atom stereocenters. The van der Waals surface area contributed by atoms with Crippen molar-refractivity contribution in [3.63, 3.8) is 0 Å². The minimum absolute atomic E-state index is 0.610. The third-order valence-corrected chi connectivity index (χ3v) is 4.01. The third kappa shape index (κ3) is 2.15. The maximum atomic E-state index is 4.80. The molecule has 0 saturated carbocycles. The largest absolute Gasteiger partial charge is 0.307 e. The zero-order valence-electron chi connectivity index (χ0n) is 11.3. The Labute approximate surface area is 108 Å². The second-order valence-corrected chi connectivity index (χ2v) is 5.37. The minimum atomic E-state index is 0.610. The van der Waals surface area contributed by atoms with Gasteiger partial charge in [0, 0.05) is 24.9 Å². The molecule has 0 aromatic carbocycles. The fourth-order valence-corrected chi connectivity index (χ4v) is 2.88. The van der Waals surface area contributed by atoms with Crippen LogP contribution in [0.1, 0.15) is 36.9 Å². The van der Waals surface area contributed by atoms with Gasteiger partial charge in [0.2, 0.25) is 0 Å². The van der Waals surface area contributed by atoms with Gasteiger partial charge >= 0.3 is 0 Å². The number of nitrogens with zero attached hydrogens (tertiary/aromatic N) is 3. The second kappa shape index (κ2) is 4.73. The van der Waals surface area contributed by atoms with Crippen LogP contribution in [-0.2, 0) is 0 Å². The highest BCUT2D eigenvalue weighted by Crippen LogP contribution is 2.26. The highest BCUT2D eigenvalue weighted by atomic mass is 15.1. The van der Waals surface area contributed by atoms with E-state index in [1.165, 1.54) is 37.2 Å². The molecule has 0 spiro atoms. The normalized spacial score (nSPS) is 21.6. The van der Waals surface area contributed by atoms with Crippen LogP contribution in [0.3, 0.4) is 0 Å². The Morgan fingerprint density at radius 1 is 1.44 bits per heavy atom. The van der Waals surface area contributed by atoms with Gasteiger partial charge in [-0.05, 0) is 50.6 Å². The molecule has 1 aliphatic heterocycles. The van der Waals surface area contributed by atoms with E-state index < -0.39 is 0 Å². The SMILES string of the molecule is CCN1CCCC(c2cn3ccc(C)cc3n2)C1. The molecule has 0 bridgehead atoms. The van der Waals surface area contributed by atoms with Gasteiger partial charge in [0.05, 0.1) is 5.69 Å². The Hall–Kier alpha value is -1.35. The monoisotopic (exact) mass is 243 g/mol. The Kier molecular flexibility index (Phi) is 3.08. The topological polar surface area (TPSA) is 20.5 Å². The van der Waals surface area contributed by atoms with Gasteiger partial charge in [0.25, 0.3) is 0 Å². The summed E-state index contributed by atoms with van der Waals surface area (Å²) in [6, 6.07) is 4.29. The van der Waals surface area contributed by atoms with Crippen molar-refractivity contribution in [2.45, 2.75) is 32.6 Å². The van der Waals surface area contributed by atoms with E-state index in [1.807, 2.05) is 0 Å². The number of imidazole rings is 1. The Morgan fingerprint density at radius 2 is 2.33 bits per heavy atom. The van der Waals surface area contributed by atoms with Gasteiger partial charge in [0.1, 0.15) is 5.65 Å². The maximum absolute atomic E-state index is 4.80. The van der Waals surface area contributed by atoms with E-state index in [0.29, 0.717) is 5.92 Å². The average Bonchev–Trinajstić information content (AvgIpc) is 2.81. The zero-order valence-corrected chi connectivity index (χ0v) is 11.3. The average molecular weight is 243 g/mol. The van der Waals surface area contributed by atoms with Crippen LogP contribution in [-0.4, -0.2) is 33.9 Å². The van der Waals surface area contributed by atoms with Crippen LogP contribution in [0.4, 0.5) is 0 Å². The Bertz CT molecular complexity index is 544. The molecule has 0 radical (unpaired) electrons. The molecule has 0 N–H and O–H groups in total. The van der Waals surface area contributed by atoms with E-state index in [1.54, 1.807) is 0 Å². The summed E-state index contributed by atoms with van der Waals surface area (Å²) in [5.74, 6) is 0.610. The molecule has 1 aliphatic rings. The summed E-state index contributed by atoms with van der Waals surface area (Å²) in [6.07, 6.45) is 6.89. The van der Waals surface area contributed by atoms with Crippen molar-refractivity contribution in [1.82, 2.24) is 14.3 Å². The smallest absolute Gasteiger partial charge is 0.137 e. The van der Waals surface area contributed by atoms with Gasteiger partial charge in [-0.3, -0.25) is 0 Å². The summed E-state index contributed by atoms with van der Waals surface area (Å²) in [6.45, 7) is 7.94. The summed E-state index contributed by atoms with van der Waals surface area (Å²) in [5, 5.41) is 0. The molecule has 3 nitrogen and oxygen atoms in total. The minimum Gasteiger partial charge on any atom is -0.307 e. The molecule has 3 rings (SSSR count). The van der Waals surface area contributed by atoms with Gasteiger partial charge < -0.3 is 9.30 Å². The summed E-state index contributed by atoms with van der Waals surface area (Å²) in [4.78, 5) is 7.33. The van der Waals surface area contributed by atoms with Crippen molar-refractivity contribution >= 4 is 5.65 Å². The number of piperidine rings is 1. The molecule has 1 saturated heterocycles. The molecule has 3 heterocycles. The number of hydrogen-bond donors (Lipinski definition) is 0. The number of rotatable bonds is 2. The molecule has 2 aromatic rings. The lowest BCUT2D eigenvalue weighted by Crippen LogP contribution is -2.34. The molecular formula is C15H21N3. The lowest BCUT2D eigenvalue weighted by Gasteiger charge is -2.30. The second-order valence-electron chi connectivity index (χ2n) is 5.37. The lowest BCUT2D eigenvalue weighted by molar-refractivity contribution is 0.216. The van der Waals surface area contributed by atoms with Gasteiger partial charge in [-0.25, -0.2) is 4.98 Å². The van der Waals surface area contributed by atoms with Gasteiger partial charge in [-0.2, -0.15) is 0 Å². The van der Waals surface area contributed by atoms with Crippen LogP contribution < -0.4 is 0 Å². The van der Waals surface area contributed by atoms with Crippen molar-refractivity contribution in [3.05, 3.63) is 35.8 Å². The number of pyridine rings is 1. The van der Waals surface area contributed by atoms with Crippen molar-refractivity contribution in [2.75, 3.05) is 19.6 Å². The van der Waals surface area contributed by atoms with Crippen molar-refractivity contribution < 1.29 is 0 Å². The fourth-order valence-electron chi connectivity index (χ4n) is 2.88. The van der Waals surface area contributed by atoms with Crippen LogP contribution in [0.5, 0.6) is 0 Å². The number of likely N-dealkylation sites (N-methyl/N-ethyl adjacent to an activating group) is 1. The van der Waals surface area contributed by atoms with Crippen LogP contribution >= 0.6 is 0 Å². The van der Waals surface area contributed by atoms with E-state index in [9.17, 15) is 0 Å². The number of likely N-dealkylation sites (tertiary alicyclic amines) is 1. The predicted molar refractivity (Wildman–Crippen MR) is 74.0 cm³/mol. The number of aromatic nitrogens is 2. The number of hydrogen-bond acceptors (Lipinski definition) is 2. The van der Waals surface area contributed by atoms with E-state index in [2.05, 4.69) is 47.7 Å². The molecule has 18 heavy (non-hydrogen) atoms. The first-order valence-corrected chi connectivity index (χ1v) is 6.94. The van der Waals surface area contributed by atoms with E-state index in [0.717, 1.165) is 12.2 Å². The summed E-state index contributed by atoms with van der Waals surface area (Å²) in [5.41, 5.74) is 3.62. The van der Waals surface area contributed by atoms with E-state index in [-0.39, 0.29) is 0 Å². The van der Waals surface area contributed by atoms with Crippen LogP contribution in [0, 0.1) is 6.92 Å². The quantitative estimate of drug-likeness (QED) is 0.808. The zero-order chi connectivity index (χ0) is 12.5. The van der Waals surface area contributed by atoms with Crippen molar-refractivity contribution in [2.24, 2.45) is 0 Å². The fraction of sp³-hybridized carbons (Fsp3) is 0.533. The van der Waals surface area contributed by atoms with Gasteiger partial charge in [-0.15, -0.1) is 0 Å². The van der Waals surface area contributed by atoms with Gasteiger partial charge in [0.15, 0.2) is 0 Å². The van der Waals surface area contributed by atoms with Crippen LogP contribution in [0.25, 0.3) is 5.65 Å². The molecule has 1 unspecified atom stereocenters.